The fourth-order valence-corrected chi connectivity index (χ4v) is 0.795. The summed E-state index contributed by atoms with van der Waals surface area (Å²) in [5.74, 6) is -0.107. The van der Waals surface area contributed by atoms with E-state index in [2.05, 4.69) is 25.5 Å². The van der Waals surface area contributed by atoms with Gasteiger partial charge in [-0.25, -0.2) is 0 Å². The van der Waals surface area contributed by atoms with E-state index in [1.165, 1.54) is 20.0 Å². The first kappa shape index (κ1) is 10.9. The molecule has 0 spiro atoms. The summed E-state index contributed by atoms with van der Waals surface area (Å²) in [4.78, 5) is 14.2. The van der Waals surface area contributed by atoms with Crippen LogP contribution in [0.4, 0.5) is 5.82 Å². The van der Waals surface area contributed by atoms with E-state index < -0.39 is 11.4 Å². The first-order chi connectivity index (χ1) is 7.06. The maximum absolute atomic E-state index is 11.6. The van der Waals surface area contributed by atoms with Crippen molar-refractivity contribution in [1.82, 2.24) is 10.2 Å². The molecule has 1 amide bonds. The van der Waals surface area contributed by atoms with Crippen molar-refractivity contribution in [2.75, 3.05) is 5.32 Å². The molecule has 0 saturated carbocycles. The number of nitrogens with zero attached hydrogens (tertiary/aromatic N) is 5. The van der Waals surface area contributed by atoms with Crippen LogP contribution in [0.5, 0.6) is 0 Å². The van der Waals surface area contributed by atoms with Crippen LogP contribution in [-0.4, -0.2) is 21.6 Å². The van der Waals surface area contributed by atoms with E-state index in [1.807, 2.05) is 0 Å². The molecular formula is C8H10N6O. The Morgan fingerprint density at radius 2 is 2.40 bits per heavy atom. The van der Waals surface area contributed by atoms with E-state index in [0.29, 0.717) is 5.82 Å². The number of carbonyl (C=O) groups excluding carboxylic acids is 1. The molecule has 7 heteroatoms. The number of anilines is 1. The van der Waals surface area contributed by atoms with Crippen LogP contribution in [0, 0.1) is 0 Å². The number of carbonyl (C=O) groups is 1. The molecule has 0 aliphatic rings. The summed E-state index contributed by atoms with van der Waals surface area (Å²) in [5.41, 5.74) is 7.12. The van der Waals surface area contributed by atoms with Crippen molar-refractivity contribution in [3.8, 4) is 0 Å². The average molecular weight is 206 g/mol. The molecule has 1 aromatic heterocycles. The van der Waals surface area contributed by atoms with Crippen LogP contribution in [0.2, 0.25) is 0 Å². The van der Waals surface area contributed by atoms with Gasteiger partial charge < -0.3 is 5.32 Å². The van der Waals surface area contributed by atoms with Gasteiger partial charge in [-0.3, -0.25) is 4.79 Å². The van der Waals surface area contributed by atoms with E-state index in [4.69, 9.17) is 5.53 Å². The molecular weight excluding hydrogens is 196 g/mol. The van der Waals surface area contributed by atoms with Crippen molar-refractivity contribution in [3.05, 3.63) is 28.8 Å². The molecule has 0 bridgehead atoms. The van der Waals surface area contributed by atoms with Gasteiger partial charge >= 0.3 is 0 Å². The summed E-state index contributed by atoms with van der Waals surface area (Å²) in [6.45, 7) is 3.02. The first-order valence-electron chi connectivity index (χ1n) is 4.21. The summed E-state index contributed by atoms with van der Waals surface area (Å²) in [7, 11) is 0. The minimum Gasteiger partial charge on any atom is -0.309 e. The topological polar surface area (TPSA) is 104 Å². The van der Waals surface area contributed by atoms with E-state index in [0.717, 1.165) is 0 Å². The smallest absolute Gasteiger partial charge is 0.237 e. The van der Waals surface area contributed by atoms with Gasteiger partial charge in [0.15, 0.2) is 5.82 Å². The van der Waals surface area contributed by atoms with Crippen molar-refractivity contribution >= 4 is 11.7 Å². The van der Waals surface area contributed by atoms with Crippen LogP contribution in [-0.2, 0) is 4.79 Å². The van der Waals surface area contributed by atoms with Crippen molar-refractivity contribution in [3.63, 3.8) is 0 Å². The molecule has 0 aromatic carbocycles. The zero-order chi connectivity index (χ0) is 11.3. The lowest BCUT2D eigenvalue weighted by molar-refractivity contribution is -0.120. The Bertz CT molecular complexity index is 395. The Hall–Kier alpha value is -2.14. The van der Waals surface area contributed by atoms with Gasteiger partial charge in [-0.2, -0.15) is 5.10 Å². The fourth-order valence-electron chi connectivity index (χ4n) is 0.795. The third-order valence-corrected chi connectivity index (χ3v) is 1.66. The predicted molar refractivity (Wildman–Crippen MR) is 53.9 cm³/mol. The maximum Gasteiger partial charge on any atom is 0.237 e. The standard InChI is InChI=1S/C8H10N6O/c1-8(2,13-14-9)7(15)11-6-4-3-5-10-12-6/h3-5H,1-2H3,(H,11,12,15). The van der Waals surface area contributed by atoms with Crippen LogP contribution in [0.1, 0.15) is 13.8 Å². The van der Waals surface area contributed by atoms with Gasteiger partial charge in [-0.1, -0.05) is 5.11 Å². The number of nitrogens with one attached hydrogen (secondary N) is 1. The summed E-state index contributed by atoms with van der Waals surface area (Å²) in [5, 5.41) is 13.1. The summed E-state index contributed by atoms with van der Waals surface area (Å²) in [6.07, 6.45) is 1.49. The van der Waals surface area contributed by atoms with E-state index in [9.17, 15) is 4.79 Å². The summed E-state index contributed by atoms with van der Waals surface area (Å²) in [6, 6.07) is 3.24. The zero-order valence-electron chi connectivity index (χ0n) is 8.38. The number of aromatic nitrogens is 2. The molecule has 7 nitrogen and oxygen atoms in total. The second-order valence-corrected chi connectivity index (χ2v) is 3.31. The van der Waals surface area contributed by atoms with Gasteiger partial charge in [0.05, 0.1) is 0 Å². The molecule has 15 heavy (non-hydrogen) atoms. The van der Waals surface area contributed by atoms with Crippen molar-refractivity contribution < 1.29 is 4.79 Å². The maximum atomic E-state index is 11.6. The molecule has 1 N–H and O–H groups in total. The zero-order valence-corrected chi connectivity index (χ0v) is 8.38. The molecule has 1 rings (SSSR count). The van der Waals surface area contributed by atoms with Crippen LogP contribution in [0.3, 0.4) is 0 Å². The monoisotopic (exact) mass is 206 g/mol. The minimum absolute atomic E-state index is 0.323. The number of amides is 1. The van der Waals surface area contributed by atoms with E-state index in [-0.39, 0.29) is 0 Å². The Kier molecular flexibility index (Phi) is 3.20. The third kappa shape index (κ3) is 2.92. The lowest BCUT2D eigenvalue weighted by atomic mass is 10.1. The van der Waals surface area contributed by atoms with Crippen LogP contribution >= 0.6 is 0 Å². The van der Waals surface area contributed by atoms with Gasteiger partial charge in [-0.15, -0.1) is 5.10 Å². The molecule has 0 saturated heterocycles. The fraction of sp³-hybridized carbons (Fsp3) is 0.375. The summed E-state index contributed by atoms with van der Waals surface area (Å²) < 4.78 is 0. The van der Waals surface area contributed by atoms with Crippen LogP contribution in [0.15, 0.2) is 23.4 Å². The Labute approximate surface area is 86.1 Å². The van der Waals surface area contributed by atoms with Gasteiger partial charge in [0.1, 0.15) is 5.54 Å². The molecule has 78 valence electrons. The second kappa shape index (κ2) is 4.39. The highest BCUT2D eigenvalue weighted by Crippen LogP contribution is 2.12. The second-order valence-electron chi connectivity index (χ2n) is 3.31. The molecule has 0 aliphatic heterocycles. The van der Waals surface area contributed by atoms with E-state index in [1.54, 1.807) is 12.1 Å². The van der Waals surface area contributed by atoms with Crippen LogP contribution in [0.25, 0.3) is 10.4 Å². The normalized spacial score (nSPS) is 10.3. The minimum atomic E-state index is -1.15. The molecule has 0 unspecified atom stereocenters. The highest BCUT2D eigenvalue weighted by molar-refractivity contribution is 5.96. The predicted octanol–water partition coefficient (Wildman–Crippen LogP) is 1.50. The quantitative estimate of drug-likeness (QED) is 0.460. The highest BCUT2D eigenvalue weighted by atomic mass is 16.2. The van der Waals surface area contributed by atoms with Gasteiger partial charge in [0.25, 0.3) is 0 Å². The molecule has 0 fully saturated rings. The van der Waals surface area contributed by atoms with Crippen LogP contribution < -0.4 is 5.32 Å². The van der Waals surface area contributed by atoms with Crippen molar-refractivity contribution in [2.45, 2.75) is 19.4 Å². The molecule has 1 heterocycles. The number of hydrogen-bond acceptors (Lipinski definition) is 4. The van der Waals surface area contributed by atoms with Gasteiger partial charge in [0.2, 0.25) is 5.91 Å². The molecule has 0 aliphatic carbocycles. The lowest BCUT2D eigenvalue weighted by Gasteiger charge is -2.16. The molecule has 0 radical (unpaired) electrons. The summed E-state index contributed by atoms with van der Waals surface area (Å²) >= 11 is 0. The Balaban J connectivity index is 2.76. The average Bonchev–Trinajstić information content (AvgIpc) is 2.19. The van der Waals surface area contributed by atoms with Crippen molar-refractivity contribution in [2.24, 2.45) is 5.11 Å². The van der Waals surface area contributed by atoms with Gasteiger partial charge in [0, 0.05) is 11.1 Å². The lowest BCUT2D eigenvalue weighted by Crippen LogP contribution is -2.35. The molecule has 0 atom stereocenters. The van der Waals surface area contributed by atoms with Crippen molar-refractivity contribution in [1.29, 1.82) is 0 Å². The SMILES string of the molecule is CC(C)(N=[N+]=[N-])C(=O)Nc1cccnn1. The largest absolute Gasteiger partial charge is 0.309 e. The Morgan fingerprint density at radius 3 is 2.93 bits per heavy atom. The first-order valence-corrected chi connectivity index (χ1v) is 4.21. The Morgan fingerprint density at radius 1 is 1.67 bits per heavy atom. The third-order valence-electron chi connectivity index (χ3n) is 1.66. The molecule has 1 aromatic rings. The number of azide groups is 1. The number of hydrogen-bond donors (Lipinski definition) is 1. The highest BCUT2D eigenvalue weighted by Gasteiger charge is 2.26. The van der Waals surface area contributed by atoms with E-state index >= 15 is 0 Å². The number of rotatable bonds is 3. The van der Waals surface area contributed by atoms with Gasteiger partial charge in [-0.05, 0) is 31.5 Å².